The van der Waals surface area contributed by atoms with Crippen molar-refractivity contribution in [3.63, 3.8) is 0 Å². The molecule has 0 unspecified atom stereocenters. The number of unbranched alkanes of at least 4 members (excludes halogenated alkanes) is 5. The summed E-state index contributed by atoms with van der Waals surface area (Å²) in [6.07, 6.45) is 7.61. The summed E-state index contributed by atoms with van der Waals surface area (Å²) in [5, 5.41) is 2.36. The standard InChI is InChI=1S/C16H21NO2S/c1-2-3-4-5-6-7-11-20-13-10-8-9-12-14(13)16(19)17-15(12)18/h8-10H,2-7,11H2,1H3,(H,17,18,19). The van der Waals surface area contributed by atoms with Crippen LogP contribution in [-0.4, -0.2) is 17.6 Å². The van der Waals surface area contributed by atoms with E-state index in [0.29, 0.717) is 11.1 Å². The van der Waals surface area contributed by atoms with Gasteiger partial charge in [0.2, 0.25) is 0 Å². The van der Waals surface area contributed by atoms with Crippen molar-refractivity contribution in [1.29, 1.82) is 0 Å². The fourth-order valence-corrected chi connectivity index (χ4v) is 3.46. The lowest BCUT2D eigenvalue weighted by molar-refractivity contribution is 0.0879. The van der Waals surface area contributed by atoms with Crippen molar-refractivity contribution < 1.29 is 9.59 Å². The highest BCUT2D eigenvalue weighted by Crippen LogP contribution is 2.29. The molecule has 20 heavy (non-hydrogen) atoms. The van der Waals surface area contributed by atoms with Crippen LogP contribution in [0.5, 0.6) is 0 Å². The molecule has 1 aliphatic heterocycles. The Kier molecular flexibility index (Phi) is 5.65. The van der Waals surface area contributed by atoms with E-state index in [2.05, 4.69) is 12.2 Å². The van der Waals surface area contributed by atoms with Gasteiger partial charge in [-0.25, -0.2) is 0 Å². The smallest absolute Gasteiger partial charge is 0.260 e. The maximum Gasteiger partial charge on any atom is 0.260 e. The van der Waals surface area contributed by atoms with E-state index in [4.69, 9.17) is 0 Å². The first-order valence-corrected chi connectivity index (χ1v) is 8.34. The number of amides is 2. The maximum atomic E-state index is 11.8. The van der Waals surface area contributed by atoms with Gasteiger partial charge in [-0.2, -0.15) is 0 Å². The number of hydrogen-bond acceptors (Lipinski definition) is 3. The number of rotatable bonds is 8. The Balaban J connectivity index is 1.83. The quantitative estimate of drug-likeness (QED) is 0.447. The van der Waals surface area contributed by atoms with Gasteiger partial charge in [0, 0.05) is 4.90 Å². The molecule has 2 rings (SSSR count). The zero-order chi connectivity index (χ0) is 14.4. The van der Waals surface area contributed by atoms with Crippen LogP contribution in [0.25, 0.3) is 0 Å². The predicted molar refractivity (Wildman–Crippen MR) is 82.3 cm³/mol. The second-order valence-electron chi connectivity index (χ2n) is 5.08. The second-order valence-corrected chi connectivity index (χ2v) is 6.21. The van der Waals surface area contributed by atoms with Crippen molar-refractivity contribution in [3.05, 3.63) is 29.3 Å². The molecule has 1 N–H and O–H groups in total. The minimum absolute atomic E-state index is 0.254. The molecule has 0 radical (unpaired) electrons. The molecular weight excluding hydrogens is 270 g/mol. The Morgan fingerprint density at radius 1 is 1.00 bits per heavy atom. The van der Waals surface area contributed by atoms with Crippen molar-refractivity contribution in [1.82, 2.24) is 5.32 Å². The molecule has 0 saturated carbocycles. The Hall–Kier alpha value is -1.29. The van der Waals surface area contributed by atoms with Gasteiger partial charge in [-0.05, 0) is 24.3 Å². The minimum Gasteiger partial charge on any atom is -0.288 e. The number of thioether (sulfide) groups is 1. The van der Waals surface area contributed by atoms with Crippen LogP contribution in [0.2, 0.25) is 0 Å². The number of carbonyl (C=O) groups is 2. The Morgan fingerprint density at radius 3 is 2.55 bits per heavy atom. The fraction of sp³-hybridized carbons (Fsp3) is 0.500. The number of imide groups is 1. The highest BCUT2D eigenvalue weighted by Gasteiger charge is 2.28. The first kappa shape index (κ1) is 15.1. The minimum atomic E-state index is -0.271. The lowest BCUT2D eigenvalue weighted by Crippen LogP contribution is -2.20. The van der Waals surface area contributed by atoms with Crippen LogP contribution in [0.1, 0.15) is 66.2 Å². The average molecular weight is 291 g/mol. The molecule has 0 aromatic heterocycles. The van der Waals surface area contributed by atoms with Crippen LogP contribution in [0.15, 0.2) is 23.1 Å². The SMILES string of the molecule is CCCCCCCCSc1cccc2c1C(=O)NC2=O. The van der Waals surface area contributed by atoms with E-state index in [1.54, 1.807) is 17.8 Å². The third-order valence-electron chi connectivity index (χ3n) is 3.48. The van der Waals surface area contributed by atoms with Crippen molar-refractivity contribution in [2.75, 3.05) is 5.75 Å². The van der Waals surface area contributed by atoms with Crippen LogP contribution in [0.4, 0.5) is 0 Å². The highest BCUT2D eigenvalue weighted by molar-refractivity contribution is 7.99. The molecule has 1 aromatic carbocycles. The van der Waals surface area contributed by atoms with Gasteiger partial charge in [-0.15, -0.1) is 11.8 Å². The third-order valence-corrected chi connectivity index (χ3v) is 4.62. The van der Waals surface area contributed by atoms with Crippen molar-refractivity contribution in [2.24, 2.45) is 0 Å². The van der Waals surface area contributed by atoms with E-state index in [-0.39, 0.29) is 11.8 Å². The van der Waals surface area contributed by atoms with Gasteiger partial charge in [-0.3, -0.25) is 14.9 Å². The zero-order valence-electron chi connectivity index (χ0n) is 11.9. The summed E-state index contributed by atoms with van der Waals surface area (Å²) in [6, 6.07) is 5.49. The van der Waals surface area contributed by atoms with Gasteiger partial charge >= 0.3 is 0 Å². The molecule has 0 aliphatic carbocycles. The molecule has 0 bridgehead atoms. The van der Waals surface area contributed by atoms with E-state index >= 15 is 0 Å². The number of carbonyl (C=O) groups excluding carboxylic acids is 2. The van der Waals surface area contributed by atoms with Crippen LogP contribution in [0, 0.1) is 0 Å². The van der Waals surface area contributed by atoms with Gasteiger partial charge in [0.1, 0.15) is 0 Å². The largest absolute Gasteiger partial charge is 0.288 e. The summed E-state index contributed by atoms with van der Waals surface area (Å²) in [5.74, 6) is 0.479. The molecule has 108 valence electrons. The van der Waals surface area contributed by atoms with E-state index in [0.717, 1.165) is 17.1 Å². The summed E-state index contributed by atoms with van der Waals surface area (Å²) in [6.45, 7) is 2.22. The molecule has 2 amide bonds. The van der Waals surface area contributed by atoms with E-state index in [9.17, 15) is 9.59 Å². The van der Waals surface area contributed by atoms with Gasteiger partial charge in [0.25, 0.3) is 11.8 Å². The van der Waals surface area contributed by atoms with Crippen LogP contribution in [0.3, 0.4) is 0 Å². The van der Waals surface area contributed by atoms with Gasteiger partial charge in [0.15, 0.2) is 0 Å². The summed E-state index contributed by atoms with van der Waals surface area (Å²) in [5.41, 5.74) is 1.08. The molecule has 1 heterocycles. The summed E-state index contributed by atoms with van der Waals surface area (Å²) < 4.78 is 0. The molecule has 0 saturated heterocycles. The maximum absolute atomic E-state index is 11.8. The van der Waals surface area contributed by atoms with E-state index < -0.39 is 0 Å². The van der Waals surface area contributed by atoms with Crippen molar-refractivity contribution >= 4 is 23.6 Å². The molecule has 1 aliphatic rings. The van der Waals surface area contributed by atoms with E-state index in [1.165, 1.54) is 32.1 Å². The molecule has 4 heteroatoms. The molecular formula is C16H21NO2S. The third kappa shape index (κ3) is 3.63. The Morgan fingerprint density at radius 2 is 1.75 bits per heavy atom. The molecule has 0 spiro atoms. The molecule has 0 fully saturated rings. The number of fused-ring (bicyclic) bond motifs is 1. The van der Waals surface area contributed by atoms with Crippen LogP contribution < -0.4 is 5.32 Å². The van der Waals surface area contributed by atoms with E-state index in [1.807, 2.05) is 12.1 Å². The zero-order valence-corrected chi connectivity index (χ0v) is 12.7. The average Bonchev–Trinajstić information content (AvgIpc) is 2.74. The van der Waals surface area contributed by atoms with Crippen molar-refractivity contribution in [3.8, 4) is 0 Å². The first-order valence-electron chi connectivity index (χ1n) is 7.35. The van der Waals surface area contributed by atoms with Gasteiger partial charge in [-0.1, -0.05) is 45.1 Å². The van der Waals surface area contributed by atoms with Crippen molar-refractivity contribution in [2.45, 2.75) is 50.3 Å². The van der Waals surface area contributed by atoms with Crippen LogP contribution >= 0.6 is 11.8 Å². The second kappa shape index (κ2) is 7.48. The first-order chi connectivity index (χ1) is 9.74. The summed E-state index contributed by atoms with van der Waals surface area (Å²) >= 11 is 1.68. The monoisotopic (exact) mass is 291 g/mol. The van der Waals surface area contributed by atoms with Gasteiger partial charge in [0.05, 0.1) is 11.1 Å². The number of nitrogens with one attached hydrogen (secondary N) is 1. The Labute approximate surface area is 124 Å². The molecule has 0 atom stereocenters. The lowest BCUT2D eigenvalue weighted by Gasteiger charge is -2.05. The molecule has 3 nitrogen and oxygen atoms in total. The number of benzene rings is 1. The topological polar surface area (TPSA) is 46.2 Å². The molecule has 1 aromatic rings. The Bertz CT molecular complexity index is 499. The summed E-state index contributed by atoms with van der Waals surface area (Å²) in [7, 11) is 0. The fourth-order valence-electron chi connectivity index (χ4n) is 2.37. The number of hydrogen-bond donors (Lipinski definition) is 1. The predicted octanol–water partition coefficient (Wildman–Crippen LogP) is 4.02. The van der Waals surface area contributed by atoms with Gasteiger partial charge < -0.3 is 0 Å². The normalized spacial score (nSPS) is 13.4. The lowest BCUT2D eigenvalue weighted by atomic mass is 10.1. The van der Waals surface area contributed by atoms with Crippen LogP contribution in [-0.2, 0) is 0 Å². The highest BCUT2D eigenvalue weighted by atomic mass is 32.2. The summed E-state index contributed by atoms with van der Waals surface area (Å²) in [4.78, 5) is 24.3.